The smallest absolute Gasteiger partial charge is 0.407 e. The van der Waals surface area contributed by atoms with Crippen molar-refractivity contribution in [3.63, 3.8) is 0 Å². The number of alkyl carbamates (subject to hydrolysis) is 4. The van der Waals surface area contributed by atoms with Gasteiger partial charge in [0.2, 0.25) is 0 Å². The Bertz CT molecular complexity index is 2340. The van der Waals surface area contributed by atoms with Crippen molar-refractivity contribution in [3.8, 4) is 34.5 Å². The second kappa shape index (κ2) is 35.2. The summed E-state index contributed by atoms with van der Waals surface area (Å²) in [5, 5.41) is 16.5. The Morgan fingerprint density at radius 3 is 0.726 bits per heavy atom. The van der Waals surface area contributed by atoms with Crippen LogP contribution in [-0.2, 0) is 23.7 Å². The third kappa shape index (κ3) is 32.6. The standard InChI is InChI=1S/C60H90N6O18.6H2/c1-57(2,3)81-53(70)63-22-16-28-75-44-32-41(33-45(38-44)76-29-17-23-64-54(71)82-58(4,5)6)50(67)61-20-14-26-79-48-36-43(52(69)74-13)37-49(40-48)80-27-15-21-62-51(68)42-34-46(77-30-18-24-65-55(72)83-59(7,8)9)39-47(35-42)78-31-19-25-66-56(73)84-60(10,11)12;;;;;;/h32-40H,14-31H2,1-13H3,(H,61,67)(H,62,68)(H,63,70)(H,64,71)(H,65,72)(H,66,73);6*1H. The molecular weight excluding hydrogens is 1090 g/mol. The zero-order valence-corrected chi connectivity index (χ0v) is 51.3. The Kier molecular flexibility index (Phi) is 29.4. The average molecular weight is 1200 g/mol. The van der Waals surface area contributed by atoms with Crippen LogP contribution in [0, 0.1) is 0 Å². The number of hydrogen-bond donors (Lipinski definition) is 6. The topological polar surface area (TPSA) is 293 Å². The molecule has 3 rings (SSSR count). The van der Waals surface area contributed by atoms with E-state index in [9.17, 15) is 33.6 Å². The normalized spacial score (nSPS) is 11.4. The minimum absolute atomic E-state index is 0. The molecule has 6 amide bonds. The molecule has 6 N–H and O–H groups in total. The van der Waals surface area contributed by atoms with Crippen LogP contribution in [-0.4, -0.2) is 151 Å². The Balaban J connectivity index is -0.00000616. The van der Waals surface area contributed by atoms with Gasteiger partial charge < -0.3 is 84.0 Å². The molecule has 0 heterocycles. The summed E-state index contributed by atoms with van der Waals surface area (Å²) in [4.78, 5) is 87.8. The van der Waals surface area contributed by atoms with Gasteiger partial charge in [-0.05, 0) is 158 Å². The largest absolute Gasteiger partial charge is 0.493 e. The summed E-state index contributed by atoms with van der Waals surface area (Å²) in [6.45, 7) is 24.1. The summed E-state index contributed by atoms with van der Waals surface area (Å²) in [7, 11) is 1.26. The summed E-state index contributed by atoms with van der Waals surface area (Å²) >= 11 is 0. The van der Waals surface area contributed by atoms with Crippen LogP contribution in [0.2, 0.25) is 0 Å². The lowest BCUT2D eigenvalue weighted by Crippen LogP contribution is -2.33. The van der Waals surface area contributed by atoms with E-state index in [1.165, 1.54) is 19.2 Å². The first-order valence-electron chi connectivity index (χ1n) is 28.2. The highest BCUT2D eigenvalue weighted by Gasteiger charge is 2.20. The highest BCUT2D eigenvalue weighted by Crippen LogP contribution is 2.27. The maximum atomic E-state index is 13.5. The lowest BCUT2D eigenvalue weighted by Gasteiger charge is -2.19. The van der Waals surface area contributed by atoms with E-state index in [0.717, 1.165) is 0 Å². The molecule has 3 aromatic carbocycles. The summed E-state index contributed by atoms with van der Waals surface area (Å²) in [5.41, 5.74) is -1.81. The second-order valence-corrected chi connectivity index (χ2v) is 23.0. The van der Waals surface area contributed by atoms with Gasteiger partial charge in [-0.15, -0.1) is 0 Å². The molecule has 0 saturated carbocycles. The van der Waals surface area contributed by atoms with Crippen LogP contribution in [0.4, 0.5) is 19.2 Å². The van der Waals surface area contributed by atoms with Crippen molar-refractivity contribution >= 4 is 42.2 Å². The molecule has 0 aromatic heterocycles. The predicted molar refractivity (Wildman–Crippen MR) is 326 cm³/mol. The molecule has 84 heavy (non-hydrogen) atoms. The number of ether oxygens (including phenoxy) is 11. The molecule has 0 unspecified atom stereocenters. The van der Waals surface area contributed by atoms with E-state index in [-0.39, 0.29) is 78.0 Å². The Morgan fingerprint density at radius 1 is 0.321 bits per heavy atom. The van der Waals surface area contributed by atoms with Crippen LogP contribution >= 0.6 is 0 Å². The minimum atomic E-state index is -0.634. The maximum absolute atomic E-state index is 13.5. The van der Waals surface area contributed by atoms with Crippen molar-refractivity contribution < 1.29 is 94.2 Å². The van der Waals surface area contributed by atoms with E-state index in [4.69, 9.17) is 52.1 Å². The fraction of sp³-hybridized carbons (Fsp3) is 0.583. The van der Waals surface area contributed by atoms with Crippen LogP contribution in [0.5, 0.6) is 34.5 Å². The van der Waals surface area contributed by atoms with E-state index in [2.05, 4.69) is 31.9 Å². The number of hydrogen-bond acceptors (Lipinski definition) is 18. The van der Waals surface area contributed by atoms with E-state index >= 15 is 0 Å². The van der Waals surface area contributed by atoms with Crippen molar-refractivity contribution in [1.29, 1.82) is 0 Å². The minimum Gasteiger partial charge on any atom is -0.493 e. The summed E-state index contributed by atoms with van der Waals surface area (Å²) in [6, 6.07) is 14.3. The molecule has 0 bridgehead atoms. The monoisotopic (exact) mass is 1190 g/mol. The number of nitrogens with one attached hydrogen (secondary N) is 6. The third-order valence-electron chi connectivity index (χ3n) is 10.4. The molecule has 0 aliphatic rings. The lowest BCUT2D eigenvalue weighted by molar-refractivity contribution is 0.0513. The average Bonchev–Trinajstić information content (AvgIpc) is 2.31. The van der Waals surface area contributed by atoms with Gasteiger partial charge in [0.1, 0.15) is 56.9 Å². The summed E-state index contributed by atoms with van der Waals surface area (Å²) in [5.74, 6) is 0.694. The molecule has 3 aromatic rings. The Labute approximate surface area is 502 Å². The van der Waals surface area contributed by atoms with Crippen LogP contribution in [0.1, 0.15) is 161 Å². The highest BCUT2D eigenvalue weighted by molar-refractivity contribution is 5.95. The van der Waals surface area contributed by atoms with Gasteiger partial charge >= 0.3 is 30.3 Å². The maximum Gasteiger partial charge on any atom is 0.407 e. The number of carbonyl (C=O) groups excluding carboxylic acids is 7. The Morgan fingerprint density at radius 2 is 0.524 bits per heavy atom. The van der Waals surface area contributed by atoms with Gasteiger partial charge in [0.15, 0.2) is 0 Å². The van der Waals surface area contributed by atoms with Crippen molar-refractivity contribution in [2.75, 3.05) is 86.0 Å². The Hall–Kier alpha value is -8.05. The SMILES string of the molecule is COC(=O)c1cc(OCCCNC(=O)c2cc(OCCCNC(=O)OC(C)(C)C)cc(OCCCNC(=O)OC(C)(C)C)c2)cc(OCCCNC(=O)c2cc(OCCCNC(=O)OC(C)(C)C)cc(OCCCNC(=O)OC(C)(C)C)c2)c1.[HH].[HH].[HH].[HH].[HH].[HH]. The fourth-order valence-electron chi connectivity index (χ4n) is 6.91. The summed E-state index contributed by atoms with van der Waals surface area (Å²) in [6.07, 6.45) is 0.411. The van der Waals surface area contributed by atoms with Crippen molar-refractivity contribution in [2.24, 2.45) is 0 Å². The van der Waals surface area contributed by atoms with Crippen LogP contribution in [0.3, 0.4) is 0 Å². The van der Waals surface area contributed by atoms with Crippen LogP contribution in [0.15, 0.2) is 54.6 Å². The van der Waals surface area contributed by atoms with Crippen LogP contribution in [0.25, 0.3) is 0 Å². The van der Waals surface area contributed by atoms with E-state index in [1.54, 1.807) is 126 Å². The van der Waals surface area contributed by atoms with Gasteiger partial charge in [0, 0.05) is 77.2 Å². The zero-order valence-electron chi connectivity index (χ0n) is 51.3. The molecular formula is C60H102N6O18. The number of benzene rings is 3. The third-order valence-corrected chi connectivity index (χ3v) is 10.4. The molecule has 24 nitrogen and oxygen atoms in total. The molecule has 0 aliphatic carbocycles. The molecule has 0 radical (unpaired) electrons. The predicted octanol–water partition coefficient (Wildman–Crippen LogP) is 10.5. The van der Waals surface area contributed by atoms with Gasteiger partial charge in [0.05, 0.1) is 52.3 Å². The molecule has 0 aliphatic heterocycles. The van der Waals surface area contributed by atoms with Gasteiger partial charge in [-0.1, -0.05) is 0 Å². The van der Waals surface area contributed by atoms with Crippen molar-refractivity contribution in [3.05, 3.63) is 71.3 Å². The first-order valence-corrected chi connectivity index (χ1v) is 28.2. The number of carbonyl (C=O) groups is 7. The quantitative estimate of drug-likeness (QED) is 0.0188. The first-order chi connectivity index (χ1) is 39.5. The van der Waals surface area contributed by atoms with Crippen molar-refractivity contribution in [1.82, 2.24) is 31.9 Å². The molecule has 0 fully saturated rings. The number of amides is 6. The lowest BCUT2D eigenvalue weighted by atomic mass is 10.2. The van der Waals surface area contributed by atoms with Gasteiger partial charge in [-0.3, -0.25) is 9.59 Å². The fourth-order valence-corrected chi connectivity index (χ4v) is 6.91. The first kappa shape index (κ1) is 70.2. The van der Waals surface area contributed by atoms with Crippen molar-refractivity contribution in [2.45, 2.75) is 144 Å². The van der Waals surface area contributed by atoms with Gasteiger partial charge in [0.25, 0.3) is 11.8 Å². The van der Waals surface area contributed by atoms with E-state index in [0.29, 0.717) is 99.2 Å². The van der Waals surface area contributed by atoms with Gasteiger partial charge in [-0.25, -0.2) is 24.0 Å². The highest BCUT2D eigenvalue weighted by atomic mass is 16.6. The molecule has 0 atom stereocenters. The number of esters is 1. The second-order valence-electron chi connectivity index (χ2n) is 23.0. The number of rotatable bonds is 33. The van der Waals surface area contributed by atoms with Crippen LogP contribution < -0.4 is 60.3 Å². The van der Waals surface area contributed by atoms with Gasteiger partial charge in [-0.2, -0.15) is 0 Å². The molecule has 480 valence electrons. The van der Waals surface area contributed by atoms with E-state index < -0.39 is 64.6 Å². The zero-order chi connectivity index (χ0) is 62.4. The molecule has 24 heteroatoms. The summed E-state index contributed by atoms with van der Waals surface area (Å²) < 4.78 is 61.9. The molecule has 0 spiro atoms. The molecule has 0 saturated heterocycles. The number of methoxy groups -OCH3 is 1. The van der Waals surface area contributed by atoms with E-state index in [1.807, 2.05) is 0 Å².